The highest BCUT2D eigenvalue weighted by molar-refractivity contribution is 5.80. The van der Waals surface area contributed by atoms with Crippen molar-refractivity contribution in [2.75, 3.05) is 0 Å². The third-order valence-electron chi connectivity index (χ3n) is 2.52. The minimum Gasteiger partial charge on any atom is -0.384 e. The monoisotopic (exact) mass is 222 g/mol. The first-order valence-corrected chi connectivity index (χ1v) is 5.26. The predicted octanol–water partition coefficient (Wildman–Crippen LogP) is -0.0350. The third-order valence-corrected chi connectivity index (χ3v) is 2.52. The number of carbonyl (C=O) groups is 1. The fourth-order valence-electron chi connectivity index (χ4n) is 1.57. The van der Waals surface area contributed by atoms with Gasteiger partial charge in [-0.15, -0.1) is 0 Å². The van der Waals surface area contributed by atoms with E-state index in [1.54, 1.807) is 0 Å². The fraction of sp³-hybridized carbons (Fsp3) is 0.417. The number of benzene rings is 1. The highest BCUT2D eigenvalue weighted by Gasteiger charge is 2.19. The molecule has 0 spiro atoms. The SMILES string of the molecule is CC(=O)C(O)C(N)Cc1cccc(CN)c1. The molecule has 0 saturated heterocycles. The first-order valence-electron chi connectivity index (χ1n) is 5.26. The Hall–Kier alpha value is -1.23. The van der Waals surface area contributed by atoms with Gasteiger partial charge in [-0.25, -0.2) is 0 Å². The van der Waals surface area contributed by atoms with E-state index in [0.29, 0.717) is 13.0 Å². The molecule has 0 aliphatic rings. The first kappa shape index (κ1) is 12.8. The molecule has 5 N–H and O–H groups in total. The van der Waals surface area contributed by atoms with E-state index in [4.69, 9.17) is 11.5 Å². The normalized spacial score (nSPS) is 14.5. The molecule has 0 bridgehead atoms. The maximum Gasteiger partial charge on any atom is 0.159 e. The Morgan fingerprint density at radius 3 is 2.62 bits per heavy atom. The summed E-state index contributed by atoms with van der Waals surface area (Å²) in [4.78, 5) is 10.9. The highest BCUT2D eigenvalue weighted by Crippen LogP contribution is 2.08. The van der Waals surface area contributed by atoms with Crippen LogP contribution in [0.5, 0.6) is 0 Å². The van der Waals surface area contributed by atoms with Crippen LogP contribution in [0, 0.1) is 0 Å². The summed E-state index contributed by atoms with van der Waals surface area (Å²) < 4.78 is 0. The van der Waals surface area contributed by atoms with Crippen LogP contribution in [0.2, 0.25) is 0 Å². The average Bonchev–Trinajstić information content (AvgIpc) is 2.28. The molecule has 2 atom stereocenters. The molecule has 4 heteroatoms. The van der Waals surface area contributed by atoms with Crippen LogP contribution >= 0.6 is 0 Å². The third kappa shape index (κ3) is 3.41. The van der Waals surface area contributed by atoms with E-state index >= 15 is 0 Å². The number of carbonyl (C=O) groups excluding carboxylic acids is 1. The summed E-state index contributed by atoms with van der Waals surface area (Å²) in [5.74, 6) is -0.303. The number of aliphatic hydroxyl groups excluding tert-OH is 1. The molecule has 1 rings (SSSR count). The molecule has 0 fully saturated rings. The van der Waals surface area contributed by atoms with E-state index in [9.17, 15) is 9.90 Å². The number of ketones is 1. The van der Waals surface area contributed by atoms with Crippen molar-refractivity contribution < 1.29 is 9.90 Å². The average molecular weight is 222 g/mol. The van der Waals surface area contributed by atoms with E-state index in [2.05, 4.69) is 0 Å². The Morgan fingerprint density at radius 2 is 2.06 bits per heavy atom. The number of aliphatic hydroxyl groups is 1. The number of hydrogen-bond donors (Lipinski definition) is 3. The molecular weight excluding hydrogens is 204 g/mol. The van der Waals surface area contributed by atoms with Gasteiger partial charge in [-0.1, -0.05) is 24.3 Å². The van der Waals surface area contributed by atoms with Gasteiger partial charge in [0, 0.05) is 12.6 Å². The highest BCUT2D eigenvalue weighted by atomic mass is 16.3. The molecule has 4 nitrogen and oxygen atoms in total. The largest absolute Gasteiger partial charge is 0.384 e. The zero-order valence-corrected chi connectivity index (χ0v) is 9.39. The second kappa shape index (κ2) is 5.75. The smallest absolute Gasteiger partial charge is 0.159 e. The Bertz CT molecular complexity index is 366. The summed E-state index contributed by atoms with van der Waals surface area (Å²) in [6.45, 7) is 1.80. The Labute approximate surface area is 95.3 Å². The molecule has 2 unspecified atom stereocenters. The van der Waals surface area contributed by atoms with Crippen molar-refractivity contribution in [1.29, 1.82) is 0 Å². The summed E-state index contributed by atoms with van der Waals surface area (Å²) >= 11 is 0. The summed E-state index contributed by atoms with van der Waals surface area (Å²) in [5, 5.41) is 9.48. The Balaban J connectivity index is 2.68. The fourth-order valence-corrected chi connectivity index (χ4v) is 1.57. The van der Waals surface area contributed by atoms with Gasteiger partial charge in [0.15, 0.2) is 5.78 Å². The maximum absolute atomic E-state index is 10.9. The van der Waals surface area contributed by atoms with E-state index in [-0.39, 0.29) is 5.78 Å². The second-order valence-electron chi connectivity index (χ2n) is 3.95. The number of Topliss-reactive ketones (excluding diaryl/α,β-unsaturated/α-hetero) is 1. The molecule has 0 aromatic heterocycles. The van der Waals surface area contributed by atoms with Gasteiger partial charge in [0.25, 0.3) is 0 Å². The molecule has 0 amide bonds. The molecular formula is C12H18N2O2. The maximum atomic E-state index is 10.9. The molecule has 0 radical (unpaired) electrons. The molecule has 1 aromatic carbocycles. The minimum atomic E-state index is -1.10. The quantitative estimate of drug-likeness (QED) is 0.652. The predicted molar refractivity (Wildman–Crippen MR) is 62.7 cm³/mol. The van der Waals surface area contributed by atoms with Crippen LogP contribution in [0.25, 0.3) is 0 Å². The van der Waals surface area contributed by atoms with Crippen LogP contribution < -0.4 is 11.5 Å². The zero-order chi connectivity index (χ0) is 12.1. The van der Waals surface area contributed by atoms with Crippen molar-refractivity contribution in [1.82, 2.24) is 0 Å². The second-order valence-corrected chi connectivity index (χ2v) is 3.95. The van der Waals surface area contributed by atoms with Crippen LogP contribution in [0.3, 0.4) is 0 Å². The van der Waals surface area contributed by atoms with Gasteiger partial charge in [0.05, 0.1) is 0 Å². The molecule has 0 aliphatic heterocycles. The van der Waals surface area contributed by atoms with Gasteiger partial charge in [-0.3, -0.25) is 4.79 Å². The van der Waals surface area contributed by atoms with Crippen LogP contribution in [-0.4, -0.2) is 23.0 Å². The topological polar surface area (TPSA) is 89.3 Å². The lowest BCUT2D eigenvalue weighted by molar-refractivity contribution is -0.125. The van der Waals surface area contributed by atoms with Gasteiger partial charge in [-0.05, 0) is 24.5 Å². The lowest BCUT2D eigenvalue weighted by atomic mass is 9.99. The van der Waals surface area contributed by atoms with Crippen molar-refractivity contribution in [3.8, 4) is 0 Å². The zero-order valence-electron chi connectivity index (χ0n) is 9.39. The Morgan fingerprint density at radius 1 is 1.44 bits per heavy atom. The van der Waals surface area contributed by atoms with Crippen molar-refractivity contribution >= 4 is 5.78 Å². The molecule has 0 heterocycles. The van der Waals surface area contributed by atoms with Crippen LogP contribution in [0.4, 0.5) is 0 Å². The van der Waals surface area contributed by atoms with E-state index in [0.717, 1.165) is 11.1 Å². The lowest BCUT2D eigenvalue weighted by Gasteiger charge is -2.16. The van der Waals surface area contributed by atoms with Crippen LogP contribution in [-0.2, 0) is 17.8 Å². The van der Waals surface area contributed by atoms with E-state index < -0.39 is 12.1 Å². The first-order chi connectivity index (χ1) is 7.54. The molecule has 0 aliphatic carbocycles. The van der Waals surface area contributed by atoms with Crippen molar-refractivity contribution in [3.05, 3.63) is 35.4 Å². The summed E-state index contributed by atoms with van der Waals surface area (Å²) in [6, 6.07) is 7.10. The van der Waals surface area contributed by atoms with Crippen LogP contribution in [0.1, 0.15) is 18.1 Å². The van der Waals surface area contributed by atoms with Gasteiger partial charge in [-0.2, -0.15) is 0 Å². The van der Waals surface area contributed by atoms with Gasteiger partial charge in [0.2, 0.25) is 0 Å². The van der Waals surface area contributed by atoms with Crippen molar-refractivity contribution in [2.24, 2.45) is 11.5 Å². The van der Waals surface area contributed by atoms with Gasteiger partial charge >= 0.3 is 0 Å². The summed E-state index contributed by atoms with van der Waals surface area (Å²) in [6.07, 6.45) is -0.629. The van der Waals surface area contributed by atoms with Crippen LogP contribution in [0.15, 0.2) is 24.3 Å². The standard InChI is InChI=1S/C12H18N2O2/c1-8(15)12(16)11(14)6-9-3-2-4-10(5-9)7-13/h2-5,11-12,16H,6-7,13-14H2,1H3. The van der Waals surface area contributed by atoms with E-state index in [1.807, 2.05) is 24.3 Å². The minimum absolute atomic E-state index is 0.303. The molecule has 1 aromatic rings. The number of hydrogen-bond acceptors (Lipinski definition) is 4. The van der Waals surface area contributed by atoms with E-state index in [1.165, 1.54) is 6.92 Å². The van der Waals surface area contributed by atoms with Crippen molar-refractivity contribution in [2.45, 2.75) is 32.0 Å². The number of nitrogens with two attached hydrogens (primary N) is 2. The summed E-state index contributed by atoms with van der Waals surface area (Å²) in [5.41, 5.74) is 13.3. The van der Waals surface area contributed by atoms with Gasteiger partial charge < -0.3 is 16.6 Å². The van der Waals surface area contributed by atoms with Gasteiger partial charge in [0.1, 0.15) is 6.10 Å². The Kier molecular flexibility index (Phi) is 4.61. The molecule has 16 heavy (non-hydrogen) atoms. The van der Waals surface area contributed by atoms with Crippen molar-refractivity contribution in [3.63, 3.8) is 0 Å². The molecule has 0 saturated carbocycles. The summed E-state index contributed by atoms with van der Waals surface area (Å²) in [7, 11) is 0. The number of rotatable bonds is 5. The lowest BCUT2D eigenvalue weighted by Crippen LogP contribution is -2.41. The molecule has 88 valence electrons.